The smallest absolute Gasteiger partial charge is 0.342 e. The van der Waals surface area contributed by atoms with E-state index in [0.717, 1.165) is 16.8 Å². The molecule has 0 saturated heterocycles. The molecule has 0 spiro atoms. The van der Waals surface area contributed by atoms with Gasteiger partial charge in [-0.05, 0) is 49.2 Å². The molecule has 7 heteroatoms. The van der Waals surface area contributed by atoms with Gasteiger partial charge < -0.3 is 9.84 Å². The molecule has 6 nitrogen and oxygen atoms in total. The first-order valence-corrected chi connectivity index (χ1v) is 9.51. The van der Waals surface area contributed by atoms with Crippen LogP contribution in [0, 0.1) is 13.8 Å². The second kappa shape index (κ2) is 8.22. The molecule has 3 rings (SSSR count). The minimum absolute atomic E-state index is 0.0534. The molecule has 0 saturated carbocycles. The Kier molecular flexibility index (Phi) is 5.75. The van der Waals surface area contributed by atoms with Crippen molar-refractivity contribution in [1.82, 2.24) is 4.98 Å². The number of aromatic hydroxyl groups is 1. The summed E-state index contributed by atoms with van der Waals surface area (Å²) in [5.74, 6) is -0.909. The lowest BCUT2D eigenvalue weighted by Crippen LogP contribution is -2.22. The molecule has 1 amide bonds. The van der Waals surface area contributed by atoms with Gasteiger partial charge in [0.1, 0.15) is 17.9 Å². The number of aryl methyl sites for hydroxylation is 2. The number of hydrogen-bond acceptors (Lipinski definition) is 6. The van der Waals surface area contributed by atoms with Gasteiger partial charge in [0.15, 0.2) is 5.13 Å². The summed E-state index contributed by atoms with van der Waals surface area (Å²) in [4.78, 5) is 30.3. The third-order valence-electron chi connectivity index (χ3n) is 4.03. The second-order valence-corrected chi connectivity index (χ2v) is 7.25. The van der Waals surface area contributed by atoms with E-state index < -0.39 is 5.97 Å². The zero-order valence-electron chi connectivity index (χ0n) is 15.8. The summed E-state index contributed by atoms with van der Waals surface area (Å²) in [6.07, 6.45) is 0. The number of esters is 1. The summed E-state index contributed by atoms with van der Waals surface area (Å²) in [6.45, 7) is 5.20. The van der Waals surface area contributed by atoms with Crippen LogP contribution in [0.2, 0.25) is 0 Å². The highest BCUT2D eigenvalue weighted by atomic mass is 32.1. The fourth-order valence-corrected chi connectivity index (χ4v) is 3.56. The van der Waals surface area contributed by atoms with Crippen LogP contribution in [0.3, 0.4) is 0 Å². The number of thiazole rings is 1. The lowest BCUT2D eigenvalue weighted by atomic mass is 10.1. The topological polar surface area (TPSA) is 79.7 Å². The fraction of sp³-hybridized carbons (Fsp3) is 0.190. The van der Waals surface area contributed by atoms with E-state index >= 15 is 0 Å². The summed E-state index contributed by atoms with van der Waals surface area (Å²) in [5.41, 5.74) is 3.24. The lowest BCUT2D eigenvalue weighted by Gasteiger charge is -2.18. The second-order valence-electron chi connectivity index (χ2n) is 6.41. The zero-order valence-corrected chi connectivity index (χ0v) is 16.6. The Bertz CT molecular complexity index is 1030. The number of nitrogens with zero attached hydrogens (tertiary/aromatic N) is 2. The molecule has 0 atom stereocenters. The van der Waals surface area contributed by atoms with E-state index in [1.54, 1.807) is 11.4 Å². The maximum Gasteiger partial charge on any atom is 0.342 e. The highest BCUT2D eigenvalue weighted by Crippen LogP contribution is 2.30. The average Bonchev–Trinajstić information content (AvgIpc) is 3.08. The molecule has 1 N–H and O–H groups in total. The van der Waals surface area contributed by atoms with Crippen molar-refractivity contribution in [2.75, 3.05) is 4.90 Å². The number of phenols is 1. The summed E-state index contributed by atoms with van der Waals surface area (Å²) in [5, 5.41) is 12.1. The van der Waals surface area contributed by atoms with Crippen LogP contribution in [0.25, 0.3) is 0 Å². The molecule has 0 bridgehead atoms. The van der Waals surface area contributed by atoms with Crippen molar-refractivity contribution in [2.45, 2.75) is 27.4 Å². The molecule has 0 aliphatic rings. The first-order valence-electron chi connectivity index (χ1n) is 8.63. The van der Waals surface area contributed by atoms with E-state index in [9.17, 15) is 14.7 Å². The molecular formula is C21H20N2O4S. The Morgan fingerprint density at radius 3 is 2.57 bits per heavy atom. The van der Waals surface area contributed by atoms with E-state index in [-0.39, 0.29) is 23.8 Å². The monoisotopic (exact) mass is 396 g/mol. The number of anilines is 2. The van der Waals surface area contributed by atoms with Crippen LogP contribution in [0.4, 0.5) is 10.8 Å². The van der Waals surface area contributed by atoms with Crippen LogP contribution in [0.5, 0.6) is 5.75 Å². The van der Waals surface area contributed by atoms with Crippen molar-refractivity contribution < 1.29 is 19.4 Å². The highest BCUT2D eigenvalue weighted by molar-refractivity contribution is 7.14. The number of phenolic OH excluding ortho intramolecular Hbond substituents is 1. The maximum atomic E-state index is 12.2. The quantitative estimate of drug-likeness (QED) is 0.642. The number of benzene rings is 2. The molecule has 0 aliphatic carbocycles. The molecule has 3 aromatic rings. The molecule has 1 heterocycles. The Morgan fingerprint density at radius 2 is 1.89 bits per heavy atom. The summed E-state index contributed by atoms with van der Waals surface area (Å²) < 4.78 is 5.25. The predicted octanol–water partition coefficient (Wildman–Crippen LogP) is 4.51. The van der Waals surface area contributed by atoms with Crippen molar-refractivity contribution in [2.24, 2.45) is 0 Å². The van der Waals surface area contributed by atoms with Gasteiger partial charge in [-0.25, -0.2) is 9.78 Å². The van der Waals surface area contributed by atoms with Crippen LogP contribution in [-0.4, -0.2) is 22.0 Å². The molecular weight excluding hydrogens is 376 g/mol. The molecule has 0 unspecified atom stereocenters. The van der Waals surface area contributed by atoms with Gasteiger partial charge in [0.05, 0.1) is 11.4 Å². The number of carbonyl (C=O) groups excluding carboxylic acids is 2. The van der Waals surface area contributed by atoms with Crippen LogP contribution >= 0.6 is 11.3 Å². The van der Waals surface area contributed by atoms with E-state index in [0.29, 0.717) is 10.8 Å². The standard InChI is InChI=1S/C21H20N2O4S/c1-13-5-4-6-17(9-13)23(15(3)24)21-22-16(12-28-21)11-27-20(26)18-8-7-14(2)10-19(18)25/h4-10,12,25H,11H2,1-3H3. The van der Waals surface area contributed by atoms with Gasteiger partial charge in [-0.2, -0.15) is 0 Å². The summed E-state index contributed by atoms with van der Waals surface area (Å²) in [7, 11) is 0. The van der Waals surface area contributed by atoms with Gasteiger partial charge in [-0.1, -0.05) is 18.2 Å². The van der Waals surface area contributed by atoms with Gasteiger partial charge in [0, 0.05) is 12.3 Å². The molecule has 1 aromatic heterocycles. The highest BCUT2D eigenvalue weighted by Gasteiger charge is 2.19. The number of ether oxygens (including phenoxy) is 1. The number of aromatic nitrogens is 1. The summed E-state index contributed by atoms with van der Waals surface area (Å²) in [6, 6.07) is 12.3. The first-order chi connectivity index (χ1) is 13.3. The molecule has 0 radical (unpaired) electrons. The molecule has 144 valence electrons. The van der Waals surface area contributed by atoms with Crippen molar-refractivity contribution >= 4 is 34.0 Å². The van der Waals surface area contributed by atoms with E-state index in [1.807, 2.05) is 38.1 Å². The Hall–Kier alpha value is -3.19. The molecule has 2 aromatic carbocycles. The van der Waals surface area contributed by atoms with Gasteiger partial charge in [-0.3, -0.25) is 9.69 Å². The molecule has 0 fully saturated rings. The summed E-state index contributed by atoms with van der Waals surface area (Å²) >= 11 is 1.29. The normalized spacial score (nSPS) is 10.5. The number of rotatable bonds is 5. The van der Waals surface area contributed by atoms with Crippen molar-refractivity contribution in [3.8, 4) is 5.75 Å². The first kappa shape index (κ1) is 19.6. The fourth-order valence-electron chi connectivity index (χ4n) is 2.69. The van der Waals surface area contributed by atoms with Crippen molar-refractivity contribution in [3.05, 3.63) is 70.2 Å². The number of hydrogen-bond donors (Lipinski definition) is 1. The van der Waals surface area contributed by atoms with Crippen LogP contribution in [0.1, 0.15) is 34.1 Å². The number of amides is 1. The Labute approximate surface area is 167 Å². The van der Waals surface area contributed by atoms with Crippen LogP contribution in [0.15, 0.2) is 47.8 Å². The minimum Gasteiger partial charge on any atom is -0.507 e. The Balaban J connectivity index is 1.74. The third kappa shape index (κ3) is 4.37. The SMILES string of the molecule is CC(=O)N(c1cccc(C)c1)c1nc(COC(=O)c2ccc(C)cc2O)cs1. The largest absolute Gasteiger partial charge is 0.507 e. The van der Waals surface area contributed by atoms with Crippen LogP contribution in [-0.2, 0) is 16.1 Å². The van der Waals surface area contributed by atoms with E-state index in [2.05, 4.69) is 4.98 Å². The molecule has 28 heavy (non-hydrogen) atoms. The zero-order chi connectivity index (χ0) is 20.3. The van der Waals surface area contributed by atoms with Crippen molar-refractivity contribution in [1.29, 1.82) is 0 Å². The van der Waals surface area contributed by atoms with E-state index in [4.69, 9.17) is 4.74 Å². The third-order valence-corrected chi connectivity index (χ3v) is 4.90. The van der Waals surface area contributed by atoms with Crippen molar-refractivity contribution in [3.63, 3.8) is 0 Å². The minimum atomic E-state index is -0.630. The maximum absolute atomic E-state index is 12.2. The van der Waals surface area contributed by atoms with Gasteiger partial charge in [0.25, 0.3) is 0 Å². The van der Waals surface area contributed by atoms with Crippen LogP contribution < -0.4 is 4.90 Å². The van der Waals surface area contributed by atoms with E-state index in [1.165, 1.54) is 35.3 Å². The van der Waals surface area contributed by atoms with Gasteiger partial charge in [-0.15, -0.1) is 11.3 Å². The average molecular weight is 396 g/mol. The van der Waals surface area contributed by atoms with Gasteiger partial charge in [0.2, 0.25) is 5.91 Å². The Morgan fingerprint density at radius 1 is 1.14 bits per heavy atom. The molecule has 0 aliphatic heterocycles. The predicted molar refractivity (Wildman–Crippen MR) is 108 cm³/mol. The lowest BCUT2D eigenvalue weighted by molar-refractivity contribution is -0.115. The number of carbonyl (C=O) groups is 2. The van der Waals surface area contributed by atoms with Gasteiger partial charge >= 0.3 is 5.97 Å².